The van der Waals surface area contributed by atoms with Crippen LogP contribution in [0.1, 0.15) is 20.7 Å². The molecule has 0 bridgehead atoms. The second kappa shape index (κ2) is 7.24. The summed E-state index contributed by atoms with van der Waals surface area (Å²) >= 11 is 1.52. The lowest BCUT2D eigenvalue weighted by Gasteiger charge is -2.14. The number of ether oxygens (including phenoxy) is 1. The molecule has 30 heavy (non-hydrogen) atoms. The van der Waals surface area contributed by atoms with Gasteiger partial charge in [-0.05, 0) is 48.5 Å². The van der Waals surface area contributed by atoms with Gasteiger partial charge < -0.3 is 4.74 Å². The van der Waals surface area contributed by atoms with Crippen LogP contribution in [0.3, 0.4) is 0 Å². The summed E-state index contributed by atoms with van der Waals surface area (Å²) in [7, 11) is 1.64. The molecule has 1 aliphatic rings. The first-order valence-electron chi connectivity index (χ1n) is 9.34. The van der Waals surface area contributed by atoms with Crippen molar-refractivity contribution in [1.82, 2.24) is 4.98 Å². The third-order valence-corrected chi connectivity index (χ3v) is 5.93. The van der Waals surface area contributed by atoms with Crippen LogP contribution in [0.25, 0.3) is 21.8 Å². The lowest BCUT2D eigenvalue weighted by molar-refractivity contribution is 0.0926. The van der Waals surface area contributed by atoms with Crippen molar-refractivity contribution in [3.63, 3.8) is 0 Å². The van der Waals surface area contributed by atoms with Crippen LogP contribution in [0.15, 0.2) is 78.2 Å². The maximum absolute atomic E-state index is 12.8. The zero-order valence-electron chi connectivity index (χ0n) is 16.0. The molecule has 0 N–H and O–H groups in total. The number of rotatable bonds is 4. The maximum Gasteiger partial charge on any atom is 0.266 e. The Hall–Kier alpha value is -3.77. The zero-order valence-corrected chi connectivity index (χ0v) is 16.8. The Morgan fingerprint density at radius 2 is 1.53 bits per heavy atom. The van der Waals surface area contributed by atoms with Gasteiger partial charge in [0.15, 0.2) is 0 Å². The Balaban J connectivity index is 1.47. The molecule has 2 heterocycles. The summed E-state index contributed by atoms with van der Waals surface area (Å²) in [6, 6.07) is 22.0. The normalized spacial score (nSPS) is 12.9. The number of imide groups is 1. The Kier molecular flexibility index (Phi) is 4.41. The third-order valence-electron chi connectivity index (χ3n) is 5.04. The number of nitrogens with zero attached hydrogens (tertiary/aromatic N) is 2. The van der Waals surface area contributed by atoms with Crippen molar-refractivity contribution in [2.45, 2.75) is 0 Å². The molecule has 0 radical (unpaired) electrons. The van der Waals surface area contributed by atoms with Crippen molar-refractivity contribution in [1.29, 1.82) is 0 Å². The first-order valence-corrected chi connectivity index (χ1v) is 10.2. The van der Waals surface area contributed by atoms with Crippen LogP contribution < -0.4 is 9.64 Å². The van der Waals surface area contributed by atoms with Crippen molar-refractivity contribution in [2.24, 2.45) is 0 Å². The SMILES string of the molecule is COc1ccc(-c2csc(-c3cccc(N4C(=O)c5ccccc5C4=O)c3)n2)cc1. The van der Waals surface area contributed by atoms with Gasteiger partial charge in [-0.1, -0.05) is 24.3 Å². The Morgan fingerprint density at radius 1 is 0.833 bits per heavy atom. The molecule has 5 nitrogen and oxygen atoms in total. The third kappa shape index (κ3) is 2.98. The standard InChI is InChI=1S/C24H16N2O3S/c1-29-18-11-9-15(10-12-18)21-14-30-22(25-21)16-5-4-6-17(13-16)26-23(27)19-7-2-3-8-20(19)24(26)28/h2-14H,1H3. The van der Waals surface area contributed by atoms with Gasteiger partial charge in [0.05, 0.1) is 29.6 Å². The maximum atomic E-state index is 12.8. The fourth-order valence-electron chi connectivity index (χ4n) is 3.50. The summed E-state index contributed by atoms with van der Waals surface area (Å²) in [4.78, 5) is 31.5. The lowest BCUT2D eigenvalue weighted by Crippen LogP contribution is -2.29. The van der Waals surface area contributed by atoms with E-state index in [0.29, 0.717) is 16.8 Å². The highest BCUT2D eigenvalue weighted by molar-refractivity contribution is 7.13. The molecule has 0 unspecified atom stereocenters. The summed E-state index contributed by atoms with van der Waals surface area (Å²) in [6.07, 6.45) is 0. The monoisotopic (exact) mass is 412 g/mol. The van der Waals surface area contributed by atoms with E-state index in [1.54, 1.807) is 37.4 Å². The van der Waals surface area contributed by atoms with Gasteiger partial charge in [0.25, 0.3) is 11.8 Å². The quantitative estimate of drug-likeness (QED) is 0.428. The average molecular weight is 412 g/mol. The van der Waals surface area contributed by atoms with E-state index in [2.05, 4.69) is 0 Å². The lowest BCUT2D eigenvalue weighted by atomic mass is 10.1. The molecule has 1 aliphatic heterocycles. The Morgan fingerprint density at radius 3 is 2.20 bits per heavy atom. The average Bonchev–Trinajstić information content (AvgIpc) is 3.38. The number of hydrogen-bond donors (Lipinski definition) is 0. The molecule has 0 atom stereocenters. The molecule has 0 saturated heterocycles. The Bertz CT molecular complexity index is 1240. The molecular formula is C24H16N2O3S. The molecule has 1 aromatic heterocycles. The van der Waals surface area contributed by atoms with E-state index in [4.69, 9.17) is 9.72 Å². The van der Waals surface area contributed by atoms with E-state index < -0.39 is 0 Å². The molecule has 6 heteroatoms. The number of anilines is 1. The summed E-state index contributed by atoms with van der Waals surface area (Å²) in [5.74, 6) is 0.194. The van der Waals surface area contributed by atoms with Crippen LogP contribution in [0.2, 0.25) is 0 Å². The second-order valence-electron chi connectivity index (χ2n) is 6.81. The number of carbonyl (C=O) groups is 2. The van der Waals surface area contributed by atoms with Crippen molar-refractivity contribution in [2.75, 3.05) is 12.0 Å². The molecule has 0 saturated carbocycles. The zero-order chi connectivity index (χ0) is 20.7. The molecule has 0 spiro atoms. The van der Waals surface area contributed by atoms with Crippen molar-refractivity contribution in [3.8, 4) is 27.6 Å². The topological polar surface area (TPSA) is 59.5 Å². The van der Waals surface area contributed by atoms with Crippen molar-refractivity contribution < 1.29 is 14.3 Å². The fourth-order valence-corrected chi connectivity index (χ4v) is 4.33. The van der Waals surface area contributed by atoms with Gasteiger partial charge in [-0.25, -0.2) is 9.88 Å². The fraction of sp³-hybridized carbons (Fsp3) is 0.0417. The van der Waals surface area contributed by atoms with E-state index in [9.17, 15) is 9.59 Å². The van der Waals surface area contributed by atoms with Crippen LogP contribution in [0, 0.1) is 0 Å². The van der Waals surface area contributed by atoms with Crippen LogP contribution in [0.5, 0.6) is 5.75 Å². The number of carbonyl (C=O) groups excluding carboxylic acids is 2. The van der Waals surface area contributed by atoms with Crippen LogP contribution in [-0.2, 0) is 0 Å². The Labute approximate surface area is 177 Å². The van der Waals surface area contributed by atoms with E-state index >= 15 is 0 Å². The number of fused-ring (bicyclic) bond motifs is 1. The van der Waals surface area contributed by atoms with Gasteiger partial charge in [-0.15, -0.1) is 11.3 Å². The molecule has 5 rings (SSSR count). The van der Waals surface area contributed by atoms with Gasteiger partial charge in [0, 0.05) is 16.5 Å². The van der Waals surface area contributed by atoms with E-state index in [-0.39, 0.29) is 11.8 Å². The van der Waals surface area contributed by atoms with E-state index in [1.165, 1.54) is 16.2 Å². The number of amides is 2. The molecule has 0 aliphatic carbocycles. The minimum absolute atomic E-state index is 0.300. The molecule has 2 amide bonds. The summed E-state index contributed by atoms with van der Waals surface area (Å²) < 4.78 is 5.20. The predicted molar refractivity (Wildman–Crippen MR) is 117 cm³/mol. The van der Waals surface area contributed by atoms with Crippen LogP contribution in [-0.4, -0.2) is 23.9 Å². The highest BCUT2D eigenvalue weighted by Gasteiger charge is 2.36. The molecule has 3 aromatic carbocycles. The van der Waals surface area contributed by atoms with E-state index in [0.717, 1.165) is 27.6 Å². The van der Waals surface area contributed by atoms with Gasteiger partial charge in [0.2, 0.25) is 0 Å². The van der Waals surface area contributed by atoms with Crippen molar-refractivity contribution in [3.05, 3.63) is 89.3 Å². The van der Waals surface area contributed by atoms with Gasteiger partial charge in [-0.2, -0.15) is 0 Å². The predicted octanol–water partition coefficient (Wildman–Crippen LogP) is 5.29. The minimum Gasteiger partial charge on any atom is -0.497 e. The second-order valence-corrected chi connectivity index (χ2v) is 7.67. The van der Waals surface area contributed by atoms with E-state index in [1.807, 2.05) is 47.8 Å². The number of benzene rings is 3. The number of thiazole rings is 1. The summed E-state index contributed by atoms with van der Waals surface area (Å²) in [6.45, 7) is 0. The molecule has 0 fully saturated rings. The summed E-state index contributed by atoms with van der Waals surface area (Å²) in [5.41, 5.74) is 4.13. The smallest absolute Gasteiger partial charge is 0.266 e. The minimum atomic E-state index is -0.300. The van der Waals surface area contributed by atoms with Crippen LogP contribution in [0.4, 0.5) is 5.69 Å². The molecular weight excluding hydrogens is 396 g/mol. The number of methoxy groups -OCH3 is 1. The summed E-state index contributed by atoms with van der Waals surface area (Å²) in [5, 5.41) is 2.81. The van der Waals surface area contributed by atoms with Gasteiger partial charge in [-0.3, -0.25) is 9.59 Å². The highest BCUT2D eigenvalue weighted by atomic mass is 32.1. The van der Waals surface area contributed by atoms with Gasteiger partial charge >= 0.3 is 0 Å². The number of aromatic nitrogens is 1. The first kappa shape index (κ1) is 18.3. The van der Waals surface area contributed by atoms with Crippen LogP contribution >= 0.6 is 11.3 Å². The molecule has 4 aromatic rings. The molecule has 146 valence electrons. The van der Waals surface area contributed by atoms with Crippen molar-refractivity contribution >= 4 is 28.8 Å². The first-order chi connectivity index (χ1) is 14.7. The number of hydrogen-bond acceptors (Lipinski definition) is 5. The highest BCUT2D eigenvalue weighted by Crippen LogP contribution is 2.34. The largest absolute Gasteiger partial charge is 0.497 e. The van der Waals surface area contributed by atoms with Gasteiger partial charge in [0.1, 0.15) is 10.8 Å².